The van der Waals surface area contributed by atoms with Gasteiger partial charge in [-0.2, -0.15) is 0 Å². The van der Waals surface area contributed by atoms with E-state index in [1.54, 1.807) is 25.5 Å². The smallest absolute Gasteiger partial charge is 0.341 e. The second-order valence-corrected chi connectivity index (χ2v) is 7.43. The molecule has 7 nitrogen and oxygen atoms in total. The molecule has 2 aliphatic carbocycles. The van der Waals surface area contributed by atoms with Crippen LogP contribution in [-0.2, 0) is 4.74 Å². The molecule has 0 N–H and O–H groups in total. The molecule has 2 saturated carbocycles. The highest BCUT2D eigenvalue weighted by atomic mass is 16.5. The molecule has 2 fully saturated rings. The van der Waals surface area contributed by atoms with Gasteiger partial charge in [-0.3, -0.25) is 4.98 Å². The number of esters is 1. The van der Waals surface area contributed by atoms with Gasteiger partial charge in [-0.25, -0.2) is 14.8 Å². The lowest BCUT2D eigenvalue weighted by molar-refractivity contribution is 0.0525. The van der Waals surface area contributed by atoms with Crippen LogP contribution in [-0.4, -0.2) is 32.7 Å². The molecule has 138 valence electrons. The van der Waals surface area contributed by atoms with Crippen LogP contribution < -0.4 is 0 Å². The molecule has 5 rings (SSSR count). The summed E-state index contributed by atoms with van der Waals surface area (Å²) >= 11 is 0. The van der Waals surface area contributed by atoms with Crippen molar-refractivity contribution in [2.75, 3.05) is 6.61 Å². The Morgan fingerprint density at radius 1 is 1.15 bits per heavy atom. The topological polar surface area (TPSA) is 91.0 Å². The number of hydrogen-bond donors (Lipinski definition) is 0. The lowest BCUT2D eigenvalue weighted by Gasteiger charge is -2.25. The summed E-state index contributed by atoms with van der Waals surface area (Å²) in [5.74, 6) is 2.32. The van der Waals surface area contributed by atoms with Gasteiger partial charge in [-0.1, -0.05) is 5.16 Å². The SMILES string of the molecule is CCOC(=O)c1cnc(C2CC3CC2CC3c2noc3ccncc23)nc1. The molecule has 3 aromatic rings. The van der Waals surface area contributed by atoms with Crippen LogP contribution in [0.5, 0.6) is 0 Å². The second kappa shape index (κ2) is 6.40. The third-order valence-electron chi connectivity index (χ3n) is 6.02. The van der Waals surface area contributed by atoms with Crippen molar-refractivity contribution < 1.29 is 14.1 Å². The summed E-state index contributed by atoms with van der Waals surface area (Å²) in [6.07, 6.45) is 10.0. The summed E-state index contributed by atoms with van der Waals surface area (Å²) < 4.78 is 10.5. The van der Waals surface area contributed by atoms with Gasteiger partial charge in [-0.05, 0) is 38.0 Å². The third kappa shape index (κ3) is 2.69. The Kier molecular flexibility index (Phi) is 3.88. The zero-order valence-electron chi connectivity index (χ0n) is 15.0. The number of carbonyl (C=O) groups is 1. The Bertz CT molecular complexity index is 984. The fourth-order valence-electron chi connectivity index (χ4n) is 4.84. The van der Waals surface area contributed by atoms with Crippen LogP contribution in [0.3, 0.4) is 0 Å². The number of carbonyl (C=O) groups excluding carboxylic acids is 1. The van der Waals surface area contributed by atoms with Crippen LogP contribution in [0.1, 0.15) is 59.9 Å². The molecule has 7 heteroatoms. The molecule has 4 atom stereocenters. The van der Waals surface area contributed by atoms with E-state index in [0.717, 1.165) is 41.8 Å². The van der Waals surface area contributed by atoms with Crippen molar-refractivity contribution in [1.82, 2.24) is 20.1 Å². The zero-order chi connectivity index (χ0) is 18.4. The van der Waals surface area contributed by atoms with Crippen LogP contribution in [0.2, 0.25) is 0 Å². The first-order valence-corrected chi connectivity index (χ1v) is 9.43. The van der Waals surface area contributed by atoms with Gasteiger partial charge in [0.15, 0.2) is 5.58 Å². The van der Waals surface area contributed by atoms with Crippen LogP contribution in [0.25, 0.3) is 11.0 Å². The van der Waals surface area contributed by atoms with E-state index in [9.17, 15) is 4.79 Å². The molecule has 2 bridgehead atoms. The van der Waals surface area contributed by atoms with Crippen LogP contribution in [0, 0.1) is 11.8 Å². The Morgan fingerprint density at radius 2 is 1.93 bits per heavy atom. The first-order chi connectivity index (χ1) is 13.2. The van der Waals surface area contributed by atoms with Gasteiger partial charge in [0.25, 0.3) is 0 Å². The van der Waals surface area contributed by atoms with Crippen molar-refractivity contribution in [3.63, 3.8) is 0 Å². The van der Waals surface area contributed by atoms with Crippen molar-refractivity contribution in [2.24, 2.45) is 11.8 Å². The fourth-order valence-corrected chi connectivity index (χ4v) is 4.84. The van der Waals surface area contributed by atoms with Crippen LogP contribution >= 0.6 is 0 Å². The normalized spacial score (nSPS) is 26.6. The molecule has 3 heterocycles. The summed E-state index contributed by atoms with van der Waals surface area (Å²) in [5, 5.41) is 5.37. The Balaban J connectivity index is 1.33. The molecule has 0 radical (unpaired) electrons. The van der Waals surface area contributed by atoms with Gasteiger partial charge in [0.1, 0.15) is 5.82 Å². The fraction of sp³-hybridized carbons (Fsp3) is 0.450. The van der Waals surface area contributed by atoms with E-state index < -0.39 is 0 Å². The van der Waals surface area contributed by atoms with Crippen molar-refractivity contribution in [1.29, 1.82) is 0 Å². The standard InChI is InChI=1S/C20H20N4O3/c1-2-26-20(25)13-8-22-19(23-9-13)15-7-11-5-12(15)6-14(11)18-16-10-21-4-3-17(16)27-24-18/h3-4,8-12,14-15H,2,5-7H2,1H3. The zero-order valence-corrected chi connectivity index (χ0v) is 15.0. The minimum absolute atomic E-state index is 0.346. The maximum Gasteiger partial charge on any atom is 0.341 e. The summed E-state index contributed by atoms with van der Waals surface area (Å²) in [6.45, 7) is 2.13. The van der Waals surface area contributed by atoms with Crippen molar-refractivity contribution in [3.05, 3.63) is 47.9 Å². The van der Waals surface area contributed by atoms with Crippen LogP contribution in [0.15, 0.2) is 35.4 Å². The number of aromatic nitrogens is 4. The van der Waals surface area contributed by atoms with Gasteiger partial charge in [0.05, 0.1) is 23.3 Å². The van der Waals surface area contributed by atoms with Gasteiger partial charge in [0, 0.05) is 42.7 Å². The average Bonchev–Trinajstić information content (AvgIpc) is 3.41. The number of pyridine rings is 1. The summed E-state index contributed by atoms with van der Waals surface area (Å²) in [4.78, 5) is 24.9. The van der Waals surface area contributed by atoms with E-state index in [0.29, 0.717) is 35.8 Å². The Hall–Kier alpha value is -2.83. The average molecular weight is 364 g/mol. The van der Waals surface area contributed by atoms with E-state index in [1.807, 2.05) is 12.3 Å². The molecule has 0 aliphatic heterocycles. The molecule has 0 spiro atoms. The van der Waals surface area contributed by atoms with Crippen LogP contribution in [0.4, 0.5) is 0 Å². The highest BCUT2D eigenvalue weighted by Crippen LogP contribution is 2.58. The molecule has 2 aliphatic rings. The highest BCUT2D eigenvalue weighted by molar-refractivity contribution is 5.88. The highest BCUT2D eigenvalue weighted by Gasteiger charge is 2.49. The van der Waals surface area contributed by atoms with E-state index in [4.69, 9.17) is 9.26 Å². The van der Waals surface area contributed by atoms with E-state index in [1.165, 1.54) is 0 Å². The number of rotatable bonds is 4. The Labute approximate surface area is 156 Å². The van der Waals surface area contributed by atoms with Gasteiger partial charge < -0.3 is 9.26 Å². The predicted molar refractivity (Wildman–Crippen MR) is 96.1 cm³/mol. The molecule has 0 amide bonds. The largest absolute Gasteiger partial charge is 0.462 e. The first-order valence-electron chi connectivity index (χ1n) is 9.43. The molecular weight excluding hydrogens is 344 g/mol. The minimum Gasteiger partial charge on any atom is -0.462 e. The minimum atomic E-state index is -0.372. The predicted octanol–water partition coefficient (Wildman–Crippen LogP) is 3.49. The second-order valence-electron chi connectivity index (χ2n) is 7.43. The first kappa shape index (κ1) is 16.4. The van der Waals surface area contributed by atoms with E-state index in [2.05, 4.69) is 20.1 Å². The molecule has 27 heavy (non-hydrogen) atoms. The third-order valence-corrected chi connectivity index (χ3v) is 6.02. The number of fused-ring (bicyclic) bond motifs is 3. The summed E-state index contributed by atoms with van der Waals surface area (Å²) in [6, 6.07) is 1.86. The van der Waals surface area contributed by atoms with Gasteiger partial charge in [0.2, 0.25) is 0 Å². The van der Waals surface area contributed by atoms with Gasteiger partial charge >= 0.3 is 5.97 Å². The summed E-state index contributed by atoms with van der Waals surface area (Å²) in [5.41, 5.74) is 2.25. The quantitative estimate of drug-likeness (QED) is 0.654. The number of ether oxygens (including phenoxy) is 1. The van der Waals surface area contributed by atoms with Crippen molar-refractivity contribution in [3.8, 4) is 0 Å². The lowest BCUT2D eigenvalue weighted by atomic mass is 9.79. The van der Waals surface area contributed by atoms with Crippen molar-refractivity contribution >= 4 is 16.9 Å². The molecule has 0 saturated heterocycles. The van der Waals surface area contributed by atoms with E-state index >= 15 is 0 Å². The van der Waals surface area contributed by atoms with E-state index in [-0.39, 0.29) is 5.97 Å². The molecular formula is C20H20N4O3. The number of hydrogen-bond acceptors (Lipinski definition) is 7. The number of nitrogens with zero attached hydrogens (tertiary/aromatic N) is 4. The van der Waals surface area contributed by atoms with Gasteiger partial charge in [-0.15, -0.1) is 0 Å². The molecule has 3 aromatic heterocycles. The Morgan fingerprint density at radius 3 is 2.67 bits per heavy atom. The maximum absolute atomic E-state index is 11.8. The molecule has 0 aromatic carbocycles. The lowest BCUT2D eigenvalue weighted by Crippen LogP contribution is -2.18. The maximum atomic E-state index is 11.8. The monoisotopic (exact) mass is 364 g/mol. The van der Waals surface area contributed by atoms with Crippen molar-refractivity contribution in [2.45, 2.75) is 38.0 Å². The molecule has 4 unspecified atom stereocenters. The summed E-state index contributed by atoms with van der Waals surface area (Å²) in [7, 11) is 0.